The van der Waals surface area contributed by atoms with Gasteiger partial charge in [0.05, 0.1) is 12.5 Å². The SMILES string of the molecule is CC(C)(C)c1cc(CC(C)(C)c2coc3ccccc23)cc2occc12. The first kappa shape index (κ1) is 17.0. The molecule has 0 unspecified atom stereocenters. The van der Waals surface area contributed by atoms with E-state index < -0.39 is 0 Å². The summed E-state index contributed by atoms with van der Waals surface area (Å²) >= 11 is 0. The van der Waals surface area contributed by atoms with Crippen LogP contribution in [0.5, 0.6) is 0 Å². The fourth-order valence-electron chi connectivity index (χ4n) is 3.96. The van der Waals surface area contributed by atoms with Gasteiger partial charge in [0.25, 0.3) is 0 Å². The third-order valence-electron chi connectivity index (χ3n) is 5.30. The molecule has 0 atom stereocenters. The molecule has 134 valence electrons. The Labute approximate surface area is 154 Å². The first-order chi connectivity index (χ1) is 12.3. The highest BCUT2D eigenvalue weighted by Gasteiger charge is 2.27. The van der Waals surface area contributed by atoms with E-state index in [1.165, 1.54) is 27.5 Å². The molecular weight excluding hydrogens is 320 g/mol. The van der Waals surface area contributed by atoms with E-state index >= 15 is 0 Å². The molecule has 2 aromatic heterocycles. The molecule has 0 saturated heterocycles. The highest BCUT2D eigenvalue weighted by Crippen LogP contribution is 2.37. The summed E-state index contributed by atoms with van der Waals surface area (Å²) in [7, 11) is 0. The van der Waals surface area contributed by atoms with E-state index in [-0.39, 0.29) is 10.8 Å². The summed E-state index contributed by atoms with van der Waals surface area (Å²) in [6.07, 6.45) is 4.63. The van der Waals surface area contributed by atoms with Gasteiger partial charge in [0, 0.05) is 16.3 Å². The van der Waals surface area contributed by atoms with Crippen LogP contribution in [0.2, 0.25) is 0 Å². The summed E-state index contributed by atoms with van der Waals surface area (Å²) in [6, 6.07) is 14.9. The van der Waals surface area contributed by atoms with Gasteiger partial charge < -0.3 is 8.83 Å². The minimum absolute atomic E-state index is 0.0397. The van der Waals surface area contributed by atoms with Crippen molar-refractivity contribution in [1.82, 2.24) is 0 Å². The van der Waals surface area contributed by atoms with Gasteiger partial charge in [-0.1, -0.05) is 58.9 Å². The smallest absolute Gasteiger partial charge is 0.134 e. The van der Waals surface area contributed by atoms with E-state index in [1.54, 1.807) is 6.26 Å². The number of rotatable bonds is 3. The monoisotopic (exact) mass is 346 g/mol. The molecule has 0 radical (unpaired) electrons. The molecule has 0 amide bonds. The van der Waals surface area contributed by atoms with Gasteiger partial charge in [-0.15, -0.1) is 0 Å². The summed E-state index contributed by atoms with van der Waals surface area (Å²) in [5, 5.41) is 2.42. The molecule has 2 nitrogen and oxygen atoms in total. The molecule has 2 heteroatoms. The highest BCUT2D eigenvalue weighted by molar-refractivity contribution is 5.84. The van der Waals surface area contributed by atoms with Crippen LogP contribution in [0.15, 0.2) is 63.8 Å². The van der Waals surface area contributed by atoms with Gasteiger partial charge >= 0.3 is 0 Å². The van der Waals surface area contributed by atoms with Crippen molar-refractivity contribution in [3.8, 4) is 0 Å². The maximum absolute atomic E-state index is 5.79. The number of benzene rings is 2. The fraction of sp³-hybridized carbons (Fsp3) is 0.333. The lowest BCUT2D eigenvalue weighted by Gasteiger charge is -2.26. The zero-order chi connectivity index (χ0) is 18.5. The van der Waals surface area contributed by atoms with Crippen LogP contribution in [0.3, 0.4) is 0 Å². The minimum Gasteiger partial charge on any atom is -0.464 e. The average Bonchev–Trinajstić information content (AvgIpc) is 3.19. The summed E-state index contributed by atoms with van der Waals surface area (Å²) in [5.74, 6) is 0. The Morgan fingerprint density at radius 3 is 2.27 bits per heavy atom. The molecule has 2 heterocycles. The van der Waals surface area contributed by atoms with Gasteiger partial charge in [0.1, 0.15) is 11.2 Å². The van der Waals surface area contributed by atoms with Gasteiger partial charge in [0.15, 0.2) is 0 Å². The van der Waals surface area contributed by atoms with E-state index in [0.29, 0.717) is 0 Å². The Morgan fingerprint density at radius 2 is 1.50 bits per heavy atom. The van der Waals surface area contributed by atoms with Gasteiger partial charge in [-0.3, -0.25) is 0 Å². The van der Waals surface area contributed by atoms with E-state index in [9.17, 15) is 0 Å². The predicted molar refractivity (Wildman–Crippen MR) is 108 cm³/mol. The molecule has 0 aliphatic heterocycles. The van der Waals surface area contributed by atoms with Crippen LogP contribution in [0, 0.1) is 0 Å². The first-order valence-corrected chi connectivity index (χ1v) is 9.23. The number of hydrogen-bond acceptors (Lipinski definition) is 2. The minimum atomic E-state index is -0.0397. The molecule has 4 rings (SSSR count). The maximum atomic E-state index is 5.79. The van der Waals surface area contributed by atoms with Crippen LogP contribution >= 0.6 is 0 Å². The van der Waals surface area contributed by atoms with E-state index in [1.807, 2.05) is 18.4 Å². The van der Waals surface area contributed by atoms with Crippen LogP contribution < -0.4 is 0 Å². The Bertz CT molecular complexity index is 1070. The van der Waals surface area contributed by atoms with Crippen LogP contribution in [-0.2, 0) is 17.3 Å². The van der Waals surface area contributed by atoms with Crippen molar-refractivity contribution in [2.24, 2.45) is 0 Å². The van der Waals surface area contributed by atoms with Crippen LogP contribution in [0.4, 0.5) is 0 Å². The van der Waals surface area contributed by atoms with Gasteiger partial charge in [-0.2, -0.15) is 0 Å². The van der Waals surface area contributed by atoms with Crippen molar-refractivity contribution in [3.05, 3.63) is 71.7 Å². The summed E-state index contributed by atoms with van der Waals surface area (Å²) in [6.45, 7) is 11.3. The number of para-hydroxylation sites is 1. The molecule has 4 aromatic rings. The predicted octanol–water partition coefficient (Wildman–Crippen LogP) is 7.00. The van der Waals surface area contributed by atoms with Crippen molar-refractivity contribution in [2.45, 2.75) is 51.9 Å². The second kappa shape index (κ2) is 5.77. The Kier molecular flexibility index (Phi) is 3.76. The van der Waals surface area contributed by atoms with Gasteiger partial charge in [-0.05, 0) is 46.6 Å². The number of furan rings is 2. The second-order valence-electron chi connectivity index (χ2n) is 8.93. The van der Waals surface area contributed by atoms with E-state index in [2.05, 4.69) is 65.0 Å². The Hall–Kier alpha value is -2.48. The normalized spacial score (nSPS) is 13.0. The van der Waals surface area contributed by atoms with Crippen molar-refractivity contribution < 1.29 is 8.83 Å². The summed E-state index contributed by atoms with van der Waals surface area (Å²) < 4.78 is 11.5. The molecule has 2 aromatic carbocycles. The second-order valence-corrected chi connectivity index (χ2v) is 8.93. The molecule has 0 aliphatic rings. The van der Waals surface area contributed by atoms with Gasteiger partial charge in [0.2, 0.25) is 0 Å². The third-order valence-corrected chi connectivity index (χ3v) is 5.30. The highest BCUT2D eigenvalue weighted by atomic mass is 16.3. The lowest BCUT2D eigenvalue weighted by atomic mass is 9.77. The molecule has 0 fully saturated rings. The van der Waals surface area contributed by atoms with Crippen LogP contribution in [0.1, 0.15) is 51.3 Å². The largest absolute Gasteiger partial charge is 0.464 e. The van der Waals surface area contributed by atoms with Crippen molar-refractivity contribution in [2.75, 3.05) is 0 Å². The number of fused-ring (bicyclic) bond motifs is 2. The zero-order valence-electron chi connectivity index (χ0n) is 16.2. The number of hydrogen-bond donors (Lipinski definition) is 0. The van der Waals surface area contributed by atoms with Gasteiger partial charge in [-0.25, -0.2) is 0 Å². The maximum Gasteiger partial charge on any atom is 0.134 e. The molecule has 0 N–H and O–H groups in total. The molecule has 0 aliphatic carbocycles. The Balaban J connectivity index is 1.79. The van der Waals surface area contributed by atoms with Crippen molar-refractivity contribution in [3.63, 3.8) is 0 Å². The molecule has 0 spiro atoms. The van der Waals surface area contributed by atoms with Crippen LogP contribution in [-0.4, -0.2) is 0 Å². The first-order valence-electron chi connectivity index (χ1n) is 9.23. The average molecular weight is 346 g/mol. The summed E-state index contributed by atoms with van der Waals surface area (Å²) in [4.78, 5) is 0. The lowest BCUT2D eigenvalue weighted by molar-refractivity contribution is 0.507. The zero-order valence-corrected chi connectivity index (χ0v) is 16.2. The van der Waals surface area contributed by atoms with Crippen molar-refractivity contribution >= 4 is 21.9 Å². The lowest BCUT2D eigenvalue weighted by Crippen LogP contribution is -2.21. The van der Waals surface area contributed by atoms with E-state index in [0.717, 1.165) is 17.6 Å². The van der Waals surface area contributed by atoms with Crippen molar-refractivity contribution in [1.29, 1.82) is 0 Å². The standard InChI is InChI=1S/C24H26O2/c1-23(2,3)19-12-16(13-22-18(19)10-11-25-22)14-24(4,5)20-15-26-21-9-7-6-8-17(20)21/h6-13,15H,14H2,1-5H3. The van der Waals surface area contributed by atoms with Crippen LogP contribution in [0.25, 0.3) is 21.9 Å². The molecule has 0 saturated carbocycles. The molecule has 26 heavy (non-hydrogen) atoms. The fourth-order valence-corrected chi connectivity index (χ4v) is 3.96. The molecular formula is C24H26O2. The molecule has 0 bridgehead atoms. The topological polar surface area (TPSA) is 26.3 Å². The summed E-state index contributed by atoms with van der Waals surface area (Å²) in [5.41, 5.74) is 5.85. The third kappa shape index (κ3) is 2.84. The Morgan fingerprint density at radius 1 is 0.769 bits per heavy atom. The quantitative estimate of drug-likeness (QED) is 0.399. The van der Waals surface area contributed by atoms with E-state index in [4.69, 9.17) is 8.83 Å².